The largest absolute Gasteiger partial charge is 0.450 e. The molecule has 0 N–H and O–H groups in total. The highest BCUT2D eigenvalue weighted by Crippen LogP contribution is 2.66. The summed E-state index contributed by atoms with van der Waals surface area (Å²) in [5.74, 6) is 3.18. The summed E-state index contributed by atoms with van der Waals surface area (Å²) in [5.41, 5.74) is 19.1. The molecule has 2 unspecified atom stereocenters. The fraction of sp³-hybridized carbons (Fsp3) is 0.0746. The number of hydrogen-bond acceptors (Lipinski definition) is 3. The lowest BCUT2D eigenvalue weighted by Gasteiger charge is -2.38. The fourth-order valence-corrected chi connectivity index (χ4v) is 12.9. The number of fused-ring (bicyclic) bond motifs is 15. The minimum absolute atomic E-state index is 0.0759. The van der Waals surface area contributed by atoms with Crippen molar-refractivity contribution in [2.45, 2.75) is 24.2 Å². The molecular weight excluding hydrogens is 865 g/mol. The highest BCUT2D eigenvalue weighted by molar-refractivity contribution is 6.09. The summed E-state index contributed by atoms with van der Waals surface area (Å²) in [6.07, 6.45) is 11.3. The first kappa shape index (κ1) is 40.1. The molecule has 71 heavy (non-hydrogen) atoms. The minimum Gasteiger partial charge on any atom is -0.450 e. The van der Waals surface area contributed by atoms with Gasteiger partial charge in [0.25, 0.3) is 0 Å². The van der Waals surface area contributed by atoms with Crippen LogP contribution >= 0.6 is 0 Å². The van der Waals surface area contributed by atoms with E-state index in [1.807, 2.05) is 6.07 Å². The predicted octanol–water partition coefficient (Wildman–Crippen LogP) is 16.6. The van der Waals surface area contributed by atoms with Gasteiger partial charge in [-0.05, 0) is 124 Å². The molecule has 0 amide bonds. The van der Waals surface area contributed by atoms with Gasteiger partial charge in [0.2, 0.25) is 0 Å². The van der Waals surface area contributed by atoms with E-state index < -0.39 is 0 Å². The Hall–Kier alpha value is -8.86. The molecule has 1 aliphatic heterocycles. The van der Waals surface area contributed by atoms with Crippen molar-refractivity contribution in [2.24, 2.45) is 5.92 Å². The van der Waals surface area contributed by atoms with E-state index in [0.717, 1.165) is 64.0 Å². The lowest BCUT2D eigenvalue weighted by molar-refractivity contribution is 0.276. The van der Waals surface area contributed by atoms with Gasteiger partial charge >= 0.3 is 0 Å². The number of anilines is 2. The second kappa shape index (κ2) is 15.6. The summed E-state index contributed by atoms with van der Waals surface area (Å²) >= 11 is 0. The Balaban J connectivity index is 0.816. The maximum absolute atomic E-state index is 7.28. The predicted molar refractivity (Wildman–Crippen MR) is 288 cm³/mol. The zero-order chi connectivity index (χ0) is 46.6. The molecule has 0 radical (unpaired) electrons. The number of benzene rings is 9. The average molecular weight is 911 g/mol. The molecule has 4 aliphatic carbocycles. The van der Waals surface area contributed by atoms with Crippen LogP contribution in [-0.2, 0) is 5.41 Å². The molecule has 0 saturated carbocycles. The van der Waals surface area contributed by atoms with Crippen molar-refractivity contribution in [1.29, 1.82) is 0 Å². The van der Waals surface area contributed by atoms with Crippen LogP contribution in [0.2, 0.25) is 0 Å². The molecule has 9 aromatic carbocycles. The Morgan fingerprint density at radius 1 is 0.493 bits per heavy atom. The molecule has 0 saturated heterocycles. The summed E-state index contributed by atoms with van der Waals surface area (Å²) < 4.78 is 16.6. The van der Waals surface area contributed by atoms with E-state index in [0.29, 0.717) is 0 Å². The summed E-state index contributed by atoms with van der Waals surface area (Å²) in [5, 5.41) is 2.53. The normalized spacial score (nSPS) is 17.6. The van der Waals surface area contributed by atoms with Gasteiger partial charge in [-0.25, -0.2) is 0 Å². The number of ether oxygens (including phenoxy) is 2. The Bertz CT molecular complexity index is 3860. The Morgan fingerprint density at radius 2 is 1.10 bits per heavy atom. The van der Waals surface area contributed by atoms with E-state index in [2.05, 4.69) is 246 Å². The van der Waals surface area contributed by atoms with Gasteiger partial charge in [-0.15, -0.1) is 0 Å². The summed E-state index contributed by atoms with van der Waals surface area (Å²) in [6, 6.07) is 79.4. The van der Waals surface area contributed by atoms with Gasteiger partial charge in [0, 0.05) is 50.8 Å². The molecule has 1 aromatic heterocycles. The molecule has 1 spiro atoms. The van der Waals surface area contributed by atoms with Crippen LogP contribution in [0.3, 0.4) is 0 Å². The maximum Gasteiger partial charge on any atom is 0.178 e. The van der Waals surface area contributed by atoms with E-state index in [1.165, 1.54) is 72.0 Å². The van der Waals surface area contributed by atoms with Gasteiger partial charge in [-0.1, -0.05) is 176 Å². The molecule has 4 nitrogen and oxygen atoms in total. The van der Waals surface area contributed by atoms with E-state index in [9.17, 15) is 0 Å². The van der Waals surface area contributed by atoms with Crippen molar-refractivity contribution >= 4 is 38.8 Å². The number of rotatable bonds is 6. The first-order valence-electron chi connectivity index (χ1n) is 24.9. The smallest absolute Gasteiger partial charge is 0.178 e. The van der Waals surface area contributed by atoms with Crippen LogP contribution in [0.5, 0.6) is 11.5 Å². The van der Waals surface area contributed by atoms with Crippen LogP contribution < -0.4 is 14.4 Å². The summed E-state index contributed by atoms with van der Waals surface area (Å²) in [6.45, 7) is 0. The summed E-state index contributed by atoms with van der Waals surface area (Å²) in [7, 11) is 0. The summed E-state index contributed by atoms with van der Waals surface area (Å²) in [4.78, 5) is 2.45. The van der Waals surface area contributed by atoms with Crippen LogP contribution in [0.4, 0.5) is 11.4 Å². The number of nitrogens with zero attached hydrogens (tertiary/aromatic N) is 2. The van der Waals surface area contributed by atoms with Gasteiger partial charge in [0.1, 0.15) is 0 Å². The van der Waals surface area contributed by atoms with Crippen molar-refractivity contribution in [3.8, 4) is 39.4 Å². The third-order valence-corrected chi connectivity index (χ3v) is 15.8. The third kappa shape index (κ3) is 5.85. The Morgan fingerprint density at radius 3 is 1.85 bits per heavy atom. The van der Waals surface area contributed by atoms with Gasteiger partial charge in [-0.2, -0.15) is 0 Å². The highest BCUT2D eigenvalue weighted by atomic mass is 16.6. The number of hydrogen-bond donors (Lipinski definition) is 0. The van der Waals surface area contributed by atoms with Crippen molar-refractivity contribution in [2.75, 3.05) is 4.90 Å². The fourth-order valence-electron chi connectivity index (χ4n) is 12.9. The van der Waals surface area contributed by atoms with Crippen molar-refractivity contribution in [3.63, 3.8) is 0 Å². The molecule has 4 heteroatoms. The number of aromatic nitrogens is 1. The van der Waals surface area contributed by atoms with Gasteiger partial charge in [-0.3, -0.25) is 0 Å². The molecule has 0 bridgehead atoms. The zero-order valence-corrected chi connectivity index (χ0v) is 38.9. The quantitative estimate of drug-likeness (QED) is 0.166. The second-order valence-electron chi connectivity index (χ2n) is 19.4. The SMILES string of the molecule is C1=C2Oc3cccc(-c4ccccc4N(C4=CC(c5ccc(-n6c7ccccc7c7ccccc76)cc5)=CCC4)c4ccccc4)c3OC2=CC2C1c1ccccc1C21c2ccccc2-c2ccccc21. The van der Waals surface area contributed by atoms with Gasteiger partial charge < -0.3 is 18.9 Å². The van der Waals surface area contributed by atoms with Gasteiger partial charge in [0.05, 0.1) is 22.1 Å². The van der Waals surface area contributed by atoms with Gasteiger partial charge in [0.15, 0.2) is 23.0 Å². The van der Waals surface area contributed by atoms with Crippen LogP contribution in [0.1, 0.15) is 46.6 Å². The monoisotopic (exact) mass is 910 g/mol. The lowest BCUT2D eigenvalue weighted by atomic mass is 9.65. The maximum atomic E-state index is 7.28. The van der Waals surface area contributed by atoms with Crippen molar-refractivity contribution in [3.05, 3.63) is 288 Å². The Labute approximate surface area is 413 Å². The molecule has 10 aromatic rings. The van der Waals surface area contributed by atoms with E-state index in [1.54, 1.807) is 0 Å². The van der Waals surface area contributed by atoms with Crippen LogP contribution in [0, 0.1) is 5.92 Å². The minimum atomic E-state index is -0.370. The molecule has 2 heterocycles. The highest BCUT2D eigenvalue weighted by Gasteiger charge is 2.58. The standard InChI is InChI=1S/C67H46N2O2/c1-2-19-45(20-3-1)68(47-21-16-18-44(40-47)43-36-38-46(39-37-43)69-61-33-14-7-25-51(61)52-26-8-15-34-62(52)69)60-32-13-9-27-53(60)54-28-17-35-63-66(54)71-65-42-59-55(41-64(65)70-63)50-24-6-12-31-58(50)67(59)56-29-10-4-22-48(56)49-23-5-11-30-57(49)67/h1-15,17-20,22-42,55,59H,16,21H2. The van der Waals surface area contributed by atoms with Crippen LogP contribution in [0.15, 0.2) is 260 Å². The lowest BCUT2D eigenvalue weighted by Crippen LogP contribution is -2.34. The number of para-hydroxylation sites is 5. The van der Waals surface area contributed by atoms with Crippen LogP contribution in [0.25, 0.3) is 55.3 Å². The van der Waals surface area contributed by atoms with E-state index in [-0.39, 0.29) is 17.3 Å². The first-order valence-corrected chi connectivity index (χ1v) is 24.9. The first-order chi connectivity index (χ1) is 35.2. The van der Waals surface area contributed by atoms with E-state index in [4.69, 9.17) is 9.47 Å². The topological polar surface area (TPSA) is 26.6 Å². The average Bonchev–Trinajstić information content (AvgIpc) is 4.04. The molecule has 336 valence electrons. The number of allylic oxidation sites excluding steroid dienone is 6. The molecular formula is C67H46N2O2. The van der Waals surface area contributed by atoms with Crippen molar-refractivity contribution < 1.29 is 9.47 Å². The molecule has 0 fully saturated rings. The zero-order valence-electron chi connectivity index (χ0n) is 38.9. The third-order valence-electron chi connectivity index (χ3n) is 15.8. The van der Waals surface area contributed by atoms with Crippen LogP contribution in [-0.4, -0.2) is 4.57 Å². The molecule has 15 rings (SSSR count). The molecule has 2 atom stereocenters. The Kier molecular flexibility index (Phi) is 8.79. The van der Waals surface area contributed by atoms with E-state index >= 15 is 0 Å². The second-order valence-corrected chi connectivity index (χ2v) is 19.4. The van der Waals surface area contributed by atoms with Crippen molar-refractivity contribution in [1.82, 2.24) is 4.57 Å². The molecule has 5 aliphatic rings.